The molecule has 0 fully saturated rings. The lowest BCUT2D eigenvalue weighted by Gasteiger charge is -2.11. The molecule has 0 spiro atoms. The number of benzene rings is 1. The fraction of sp³-hybridized carbons (Fsp3) is 0.455. The summed E-state index contributed by atoms with van der Waals surface area (Å²) in [6, 6.07) is 5.68. The van der Waals surface area contributed by atoms with Crippen molar-refractivity contribution in [2.24, 2.45) is 0 Å². The fourth-order valence-electron chi connectivity index (χ4n) is 1.51. The zero-order chi connectivity index (χ0) is 9.84. The second kappa shape index (κ2) is 4.28. The van der Waals surface area contributed by atoms with Crippen LogP contribution in [0, 0.1) is 0 Å². The van der Waals surface area contributed by atoms with E-state index in [1.54, 1.807) is 6.07 Å². The first-order valence-electron chi connectivity index (χ1n) is 4.63. The average Bonchev–Trinajstić information content (AvgIpc) is 2.16. The SMILES string of the molecule is CCc1cc(OO)ccc1C(C)C. The lowest BCUT2D eigenvalue weighted by Crippen LogP contribution is -1.96. The van der Waals surface area contributed by atoms with Crippen molar-refractivity contribution < 1.29 is 10.1 Å². The second-order valence-corrected chi connectivity index (χ2v) is 3.46. The Bertz CT molecular complexity index is 279. The zero-order valence-corrected chi connectivity index (χ0v) is 8.37. The number of rotatable bonds is 3. The van der Waals surface area contributed by atoms with E-state index in [-0.39, 0.29) is 0 Å². The molecule has 0 saturated heterocycles. The Labute approximate surface area is 79.1 Å². The van der Waals surface area contributed by atoms with E-state index < -0.39 is 0 Å². The lowest BCUT2D eigenvalue weighted by atomic mass is 9.96. The molecule has 1 N–H and O–H groups in total. The van der Waals surface area contributed by atoms with E-state index >= 15 is 0 Å². The average molecular weight is 180 g/mol. The summed E-state index contributed by atoms with van der Waals surface area (Å²) in [4.78, 5) is 4.19. The third-order valence-electron chi connectivity index (χ3n) is 2.22. The van der Waals surface area contributed by atoms with Crippen molar-refractivity contribution >= 4 is 0 Å². The summed E-state index contributed by atoms with van der Waals surface area (Å²) >= 11 is 0. The minimum Gasteiger partial charge on any atom is -0.340 e. The first kappa shape index (κ1) is 10.1. The molecule has 0 aliphatic carbocycles. The van der Waals surface area contributed by atoms with E-state index in [2.05, 4.69) is 25.7 Å². The highest BCUT2D eigenvalue weighted by atomic mass is 17.1. The molecule has 0 unspecified atom stereocenters. The van der Waals surface area contributed by atoms with Gasteiger partial charge in [-0.15, -0.1) is 0 Å². The van der Waals surface area contributed by atoms with Crippen LogP contribution in [-0.2, 0) is 6.42 Å². The molecular formula is C11H16O2. The van der Waals surface area contributed by atoms with Crippen molar-refractivity contribution in [1.82, 2.24) is 0 Å². The first-order chi connectivity index (χ1) is 6.19. The quantitative estimate of drug-likeness (QED) is 0.571. The Balaban J connectivity index is 3.08. The fourth-order valence-corrected chi connectivity index (χ4v) is 1.51. The normalized spacial score (nSPS) is 10.5. The molecule has 0 amide bonds. The highest BCUT2D eigenvalue weighted by Gasteiger charge is 2.06. The molecule has 0 atom stereocenters. The summed E-state index contributed by atoms with van der Waals surface area (Å²) in [7, 11) is 0. The van der Waals surface area contributed by atoms with E-state index in [1.165, 1.54) is 11.1 Å². The van der Waals surface area contributed by atoms with Crippen molar-refractivity contribution in [3.05, 3.63) is 29.3 Å². The molecule has 1 aromatic carbocycles. The van der Waals surface area contributed by atoms with Crippen LogP contribution in [0.25, 0.3) is 0 Å². The third kappa shape index (κ3) is 2.22. The third-order valence-corrected chi connectivity index (χ3v) is 2.22. The van der Waals surface area contributed by atoms with E-state index in [9.17, 15) is 0 Å². The Kier molecular flexibility index (Phi) is 3.32. The van der Waals surface area contributed by atoms with Gasteiger partial charge in [0, 0.05) is 0 Å². The summed E-state index contributed by atoms with van der Waals surface area (Å²) in [6.45, 7) is 6.42. The van der Waals surface area contributed by atoms with Crippen LogP contribution < -0.4 is 4.89 Å². The molecule has 0 bridgehead atoms. The van der Waals surface area contributed by atoms with Crippen molar-refractivity contribution in [1.29, 1.82) is 0 Å². The minimum atomic E-state index is 0.515. The van der Waals surface area contributed by atoms with E-state index in [4.69, 9.17) is 5.26 Å². The summed E-state index contributed by atoms with van der Waals surface area (Å²) < 4.78 is 0. The summed E-state index contributed by atoms with van der Waals surface area (Å²) in [5.74, 6) is 1.03. The molecule has 0 heterocycles. The molecule has 0 aliphatic heterocycles. The van der Waals surface area contributed by atoms with Gasteiger partial charge in [0.25, 0.3) is 0 Å². The van der Waals surface area contributed by atoms with Crippen LogP contribution >= 0.6 is 0 Å². The molecular weight excluding hydrogens is 164 g/mol. The Hall–Kier alpha value is -1.02. The Morgan fingerprint density at radius 1 is 1.38 bits per heavy atom. The van der Waals surface area contributed by atoms with Gasteiger partial charge in [-0.2, -0.15) is 0 Å². The first-order valence-corrected chi connectivity index (χ1v) is 4.63. The highest BCUT2D eigenvalue weighted by molar-refractivity contribution is 5.37. The van der Waals surface area contributed by atoms with Crippen LogP contribution in [0.15, 0.2) is 18.2 Å². The molecule has 72 valence electrons. The Morgan fingerprint density at radius 3 is 2.54 bits per heavy atom. The molecule has 0 saturated carbocycles. The van der Waals surface area contributed by atoms with Crippen molar-refractivity contribution in [2.45, 2.75) is 33.1 Å². The van der Waals surface area contributed by atoms with Crippen LogP contribution in [0.5, 0.6) is 5.75 Å². The number of hydrogen-bond donors (Lipinski definition) is 1. The molecule has 1 rings (SSSR count). The van der Waals surface area contributed by atoms with Crippen LogP contribution in [0.4, 0.5) is 0 Å². The second-order valence-electron chi connectivity index (χ2n) is 3.46. The van der Waals surface area contributed by atoms with Crippen molar-refractivity contribution in [3.8, 4) is 5.75 Å². The smallest absolute Gasteiger partial charge is 0.165 e. The van der Waals surface area contributed by atoms with Crippen LogP contribution in [0.1, 0.15) is 37.8 Å². The maximum absolute atomic E-state index is 8.49. The summed E-state index contributed by atoms with van der Waals surface area (Å²) in [5.41, 5.74) is 2.56. The number of hydrogen-bond acceptors (Lipinski definition) is 2. The molecule has 0 aliphatic rings. The van der Waals surface area contributed by atoms with Gasteiger partial charge in [0.2, 0.25) is 0 Å². The van der Waals surface area contributed by atoms with Crippen molar-refractivity contribution in [2.75, 3.05) is 0 Å². The van der Waals surface area contributed by atoms with Gasteiger partial charge in [0.1, 0.15) is 0 Å². The van der Waals surface area contributed by atoms with Gasteiger partial charge in [-0.1, -0.05) is 26.8 Å². The van der Waals surface area contributed by atoms with Crippen molar-refractivity contribution in [3.63, 3.8) is 0 Å². The van der Waals surface area contributed by atoms with Gasteiger partial charge in [0.15, 0.2) is 5.75 Å². The highest BCUT2D eigenvalue weighted by Crippen LogP contribution is 2.24. The van der Waals surface area contributed by atoms with Gasteiger partial charge >= 0.3 is 0 Å². The molecule has 2 nitrogen and oxygen atoms in total. The predicted molar refractivity (Wildman–Crippen MR) is 53.2 cm³/mol. The molecule has 0 aromatic heterocycles. The largest absolute Gasteiger partial charge is 0.340 e. The maximum atomic E-state index is 8.49. The molecule has 13 heavy (non-hydrogen) atoms. The number of aryl methyl sites for hydroxylation is 1. The summed E-state index contributed by atoms with van der Waals surface area (Å²) in [6.07, 6.45) is 0.963. The topological polar surface area (TPSA) is 29.5 Å². The van der Waals surface area contributed by atoms with Crippen LogP contribution in [0.3, 0.4) is 0 Å². The van der Waals surface area contributed by atoms with Gasteiger partial charge in [0.05, 0.1) is 0 Å². The molecule has 1 aromatic rings. The molecule has 0 radical (unpaired) electrons. The van der Waals surface area contributed by atoms with E-state index in [1.807, 2.05) is 12.1 Å². The molecule has 2 heteroatoms. The van der Waals surface area contributed by atoms with Gasteiger partial charge < -0.3 is 4.89 Å². The maximum Gasteiger partial charge on any atom is 0.165 e. The van der Waals surface area contributed by atoms with Gasteiger partial charge in [-0.25, -0.2) is 5.26 Å². The minimum absolute atomic E-state index is 0.515. The van der Waals surface area contributed by atoms with E-state index in [0.717, 1.165) is 6.42 Å². The van der Waals surface area contributed by atoms with Gasteiger partial charge in [-0.05, 0) is 35.6 Å². The van der Waals surface area contributed by atoms with E-state index in [0.29, 0.717) is 11.7 Å². The predicted octanol–water partition coefficient (Wildman–Crippen LogP) is 3.22. The monoisotopic (exact) mass is 180 g/mol. The Morgan fingerprint density at radius 2 is 2.08 bits per heavy atom. The van der Waals surface area contributed by atoms with Gasteiger partial charge in [-0.3, -0.25) is 0 Å². The zero-order valence-electron chi connectivity index (χ0n) is 8.37. The van der Waals surface area contributed by atoms with Crippen LogP contribution in [-0.4, -0.2) is 5.26 Å². The summed E-state index contributed by atoms with van der Waals surface area (Å²) in [5, 5.41) is 8.49. The standard InChI is InChI=1S/C11H16O2/c1-4-9-7-10(13-12)5-6-11(9)8(2)3/h5-8,12H,4H2,1-3H3. The lowest BCUT2D eigenvalue weighted by molar-refractivity contribution is -0.137. The van der Waals surface area contributed by atoms with Crippen LogP contribution in [0.2, 0.25) is 0 Å².